The Morgan fingerprint density at radius 2 is 2.16 bits per heavy atom. The van der Waals surface area contributed by atoms with Crippen LogP contribution in [0.5, 0.6) is 0 Å². The molecule has 0 aliphatic carbocycles. The monoisotopic (exact) mass is 303 g/mol. The maximum atomic E-state index is 8.72. The Labute approximate surface area is 122 Å². The third kappa shape index (κ3) is 2.71. The summed E-state index contributed by atoms with van der Waals surface area (Å²) in [4.78, 5) is 8.72. The minimum atomic E-state index is 0.556. The molecule has 92 valence electrons. The van der Waals surface area contributed by atoms with E-state index in [0.717, 1.165) is 19.6 Å². The van der Waals surface area contributed by atoms with Crippen LogP contribution >= 0.6 is 34.7 Å². The molecule has 0 bridgehead atoms. The van der Waals surface area contributed by atoms with Gasteiger partial charge < -0.3 is 0 Å². The van der Waals surface area contributed by atoms with E-state index in [0.29, 0.717) is 10.6 Å². The molecule has 2 aromatic heterocycles. The van der Waals surface area contributed by atoms with Crippen molar-refractivity contribution >= 4 is 44.9 Å². The summed E-state index contributed by atoms with van der Waals surface area (Å²) in [5.74, 6) is 0. The number of nitriles is 1. The number of hydrogen-bond donors (Lipinski definition) is 0. The summed E-state index contributed by atoms with van der Waals surface area (Å²) in [7, 11) is 0. The number of halogens is 1. The molecule has 3 rings (SSSR count). The molecule has 3 aromatic rings. The predicted octanol–water partition coefficient (Wildman–Crippen LogP) is 4.37. The number of aromatic nitrogens is 2. The molecule has 0 radical (unpaired) electrons. The number of benzene rings is 1. The van der Waals surface area contributed by atoms with Gasteiger partial charge in [0.15, 0.2) is 4.34 Å². The quantitative estimate of drug-likeness (QED) is 0.705. The van der Waals surface area contributed by atoms with Gasteiger partial charge in [-0.15, -0.1) is 11.3 Å². The molecule has 6 heteroatoms. The largest absolute Gasteiger partial charge is 0.248 e. The van der Waals surface area contributed by atoms with Crippen molar-refractivity contribution in [2.45, 2.75) is 9.37 Å². The van der Waals surface area contributed by atoms with Crippen molar-refractivity contribution in [1.82, 2.24) is 9.97 Å². The van der Waals surface area contributed by atoms with Gasteiger partial charge >= 0.3 is 0 Å². The lowest BCUT2D eigenvalue weighted by Crippen LogP contribution is -1.81. The highest BCUT2D eigenvalue weighted by Crippen LogP contribution is 2.34. The van der Waals surface area contributed by atoms with Gasteiger partial charge in [0.2, 0.25) is 0 Å². The second-order valence-electron chi connectivity index (χ2n) is 3.69. The highest BCUT2D eigenvalue weighted by molar-refractivity contribution is 8.01. The van der Waals surface area contributed by atoms with E-state index in [1.165, 1.54) is 11.8 Å². The third-order valence-electron chi connectivity index (χ3n) is 2.39. The fourth-order valence-electron chi connectivity index (χ4n) is 1.52. The van der Waals surface area contributed by atoms with Crippen molar-refractivity contribution in [2.75, 3.05) is 0 Å². The summed E-state index contributed by atoms with van der Waals surface area (Å²) in [6.45, 7) is 0. The van der Waals surface area contributed by atoms with E-state index in [2.05, 4.69) is 9.97 Å². The zero-order valence-corrected chi connectivity index (χ0v) is 11.9. The molecule has 0 aliphatic heterocycles. The van der Waals surface area contributed by atoms with E-state index in [1.54, 1.807) is 23.6 Å². The average Bonchev–Trinajstić information content (AvgIpc) is 2.81. The van der Waals surface area contributed by atoms with E-state index in [1.807, 2.05) is 30.3 Å². The molecule has 2 heterocycles. The normalized spacial score (nSPS) is 10.5. The summed E-state index contributed by atoms with van der Waals surface area (Å²) in [6.07, 6.45) is 1.56. The maximum absolute atomic E-state index is 8.72. The molecule has 0 spiro atoms. The lowest BCUT2D eigenvalue weighted by Gasteiger charge is -1.95. The lowest BCUT2D eigenvalue weighted by molar-refractivity contribution is 1.12. The number of rotatable bonds is 2. The first-order valence-corrected chi connectivity index (χ1v) is 7.36. The van der Waals surface area contributed by atoms with Crippen molar-refractivity contribution in [3.63, 3.8) is 0 Å². The molecule has 19 heavy (non-hydrogen) atoms. The van der Waals surface area contributed by atoms with Crippen LogP contribution in [-0.2, 0) is 0 Å². The van der Waals surface area contributed by atoms with Crippen molar-refractivity contribution in [2.24, 2.45) is 0 Å². The molecule has 0 saturated heterocycles. The predicted molar refractivity (Wildman–Crippen MR) is 77.7 cm³/mol. The molecule has 0 N–H and O–H groups in total. The van der Waals surface area contributed by atoms with Gasteiger partial charge in [0.1, 0.15) is 11.1 Å². The molecular weight excluding hydrogens is 298 g/mol. The number of hydrogen-bond acceptors (Lipinski definition) is 5. The van der Waals surface area contributed by atoms with Gasteiger partial charge in [0.25, 0.3) is 0 Å². The molecule has 0 amide bonds. The Morgan fingerprint density at radius 3 is 2.89 bits per heavy atom. The smallest absolute Gasteiger partial charge is 0.157 e. The number of fused-ring (bicyclic) bond motifs is 1. The van der Waals surface area contributed by atoms with E-state index < -0.39 is 0 Å². The van der Waals surface area contributed by atoms with Crippen LogP contribution in [0.15, 0.2) is 45.9 Å². The first kappa shape index (κ1) is 12.4. The van der Waals surface area contributed by atoms with Crippen LogP contribution in [0.1, 0.15) is 5.56 Å². The zero-order chi connectivity index (χ0) is 13.2. The lowest BCUT2D eigenvalue weighted by atomic mass is 10.3. The molecule has 3 nitrogen and oxygen atoms in total. The summed E-state index contributed by atoms with van der Waals surface area (Å²) >= 11 is 9.02. The standard InChI is InChI=1S/C13H6ClN3S2/c14-9-2-3-11-10(5-9)17-13(18-11)19-12-4-1-8(6-15)7-16-12/h1-5,7H. The van der Waals surface area contributed by atoms with Gasteiger partial charge in [0.05, 0.1) is 15.8 Å². The zero-order valence-electron chi connectivity index (χ0n) is 9.50. The highest BCUT2D eigenvalue weighted by atomic mass is 35.5. The van der Waals surface area contributed by atoms with Crippen LogP contribution in [-0.4, -0.2) is 9.97 Å². The SMILES string of the molecule is N#Cc1ccc(Sc2nc3cc(Cl)ccc3s2)nc1. The van der Waals surface area contributed by atoms with Crippen LogP contribution in [0.25, 0.3) is 10.2 Å². The van der Waals surface area contributed by atoms with Gasteiger partial charge in [0, 0.05) is 11.2 Å². The number of thiazole rings is 1. The van der Waals surface area contributed by atoms with E-state index in [9.17, 15) is 0 Å². The number of nitrogens with zero attached hydrogens (tertiary/aromatic N) is 3. The Kier molecular flexibility index (Phi) is 3.38. The third-order valence-corrected chi connectivity index (χ3v) is 4.67. The second-order valence-corrected chi connectivity index (χ2v) is 6.43. The Morgan fingerprint density at radius 1 is 1.26 bits per heavy atom. The van der Waals surface area contributed by atoms with E-state index in [-0.39, 0.29) is 0 Å². The average molecular weight is 304 g/mol. The first-order chi connectivity index (χ1) is 9.24. The van der Waals surface area contributed by atoms with Gasteiger partial charge in [-0.1, -0.05) is 11.6 Å². The Hall–Kier alpha value is -1.61. The van der Waals surface area contributed by atoms with Crippen LogP contribution in [0, 0.1) is 11.3 Å². The summed E-state index contributed by atoms with van der Waals surface area (Å²) in [5.41, 5.74) is 1.45. The molecule has 0 atom stereocenters. The van der Waals surface area contributed by atoms with Gasteiger partial charge in [-0.05, 0) is 42.1 Å². The second kappa shape index (κ2) is 5.17. The van der Waals surface area contributed by atoms with Crippen molar-refractivity contribution in [3.05, 3.63) is 47.1 Å². The minimum Gasteiger partial charge on any atom is -0.248 e. The van der Waals surface area contributed by atoms with Crippen LogP contribution < -0.4 is 0 Å². The van der Waals surface area contributed by atoms with E-state index >= 15 is 0 Å². The fourth-order valence-corrected chi connectivity index (χ4v) is 3.62. The Balaban J connectivity index is 1.90. The minimum absolute atomic E-state index is 0.556. The molecule has 1 aromatic carbocycles. The summed E-state index contributed by atoms with van der Waals surface area (Å²) in [5, 5.41) is 10.2. The van der Waals surface area contributed by atoms with Crippen LogP contribution in [0.3, 0.4) is 0 Å². The summed E-state index contributed by atoms with van der Waals surface area (Å²) in [6, 6.07) is 11.3. The van der Waals surface area contributed by atoms with Gasteiger partial charge in [-0.2, -0.15) is 5.26 Å². The van der Waals surface area contributed by atoms with Gasteiger partial charge in [-0.25, -0.2) is 9.97 Å². The van der Waals surface area contributed by atoms with Crippen molar-refractivity contribution in [1.29, 1.82) is 5.26 Å². The van der Waals surface area contributed by atoms with Crippen molar-refractivity contribution < 1.29 is 0 Å². The van der Waals surface area contributed by atoms with Crippen LogP contribution in [0.4, 0.5) is 0 Å². The van der Waals surface area contributed by atoms with Crippen molar-refractivity contribution in [3.8, 4) is 6.07 Å². The molecule has 0 fully saturated rings. The van der Waals surface area contributed by atoms with Gasteiger partial charge in [-0.3, -0.25) is 0 Å². The van der Waals surface area contributed by atoms with Crippen LogP contribution in [0.2, 0.25) is 5.02 Å². The fraction of sp³-hybridized carbons (Fsp3) is 0. The van der Waals surface area contributed by atoms with E-state index in [4.69, 9.17) is 16.9 Å². The Bertz CT molecular complexity index is 775. The molecule has 0 aliphatic rings. The highest BCUT2D eigenvalue weighted by Gasteiger charge is 2.07. The molecule has 0 unspecified atom stereocenters. The maximum Gasteiger partial charge on any atom is 0.157 e. The molecular formula is C13H6ClN3S2. The summed E-state index contributed by atoms with van der Waals surface area (Å²) < 4.78 is 2.01. The topological polar surface area (TPSA) is 49.6 Å². The number of pyridine rings is 1. The first-order valence-electron chi connectivity index (χ1n) is 5.35. The molecule has 0 saturated carbocycles.